The SMILES string of the molecule is COc1ccc(Nc2cc(C)nc(Nc3ccc(NC(=O)Nc4ccc(C)c(Cl)c4)cc3)n2)cc1. The van der Waals surface area contributed by atoms with Gasteiger partial charge in [-0.1, -0.05) is 17.7 Å². The second kappa shape index (κ2) is 10.8. The average molecular weight is 489 g/mol. The first kappa shape index (κ1) is 23.8. The number of nitrogens with one attached hydrogen (secondary N) is 4. The van der Waals surface area contributed by atoms with Gasteiger partial charge in [-0.05, 0) is 80.1 Å². The largest absolute Gasteiger partial charge is 0.497 e. The van der Waals surface area contributed by atoms with Crippen molar-refractivity contribution in [1.82, 2.24) is 9.97 Å². The van der Waals surface area contributed by atoms with Gasteiger partial charge in [0, 0.05) is 39.5 Å². The Balaban J connectivity index is 1.37. The van der Waals surface area contributed by atoms with Crippen LogP contribution in [0.25, 0.3) is 0 Å². The van der Waals surface area contributed by atoms with Gasteiger partial charge in [0.1, 0.15) is 11.6 Å². The first-order valence-corrected chi connectivity index (χ1v) is 11.2. The number of halogens is 1. The molecule has 0 aliphatic carbocycles. The van der Waals surface area contributed by atoms with Gasteiger partial charge in [-0.15, -0.1) is 0 Å². The van der Waals surface area contributed by atoms with E-state index in [0.717, 1.165) is 28.4 Å². The molecular weight excluding hydrogens is 464 g/mol. The summed E-state index contributed by atoms with van der Waals surface area (Å²) in [6.07, 6.45) is 0. The van der Waals surface area contributed by atoms with E-state index >= 15 is 0 Å². The predicted molar refractivity (Wildman–Crippen MR) is 142 cm³/mol. The van der Waals surface area contributed by atoms with E-state index in [4.69, 9.17) is 16.3 Å². The molecule has 0 saturated carbocycles. The molecule has 1 aromatic heterocycles. The Kier molecular flexibility index (Phi) is 7.32. The highest BCUT2D eigenvalue weighted by molar-refractivity contribution is 6.31. The maximum Gasteiger partial charge on any atom is 0.323 e. The quantitative estimate of drug-likeness (QED) is 0.226. The normalized spacial score (nSPS) is 10.4. The smallest absolute Gasteiger partial charge is 0.323 e. The van der Waals surface area contributed by atoms with E-state index in [9.17, 15) is 4.79 Å². The third-order valence-corrected chi connectivity index (χ3v) is 5.45. The number of anilines is 6. The summed E-state index contributed by atoms with van der Waals surface area (Å²) in [6, 6.07) is 21.7. The lowest BCUT2D eigenvalue weighted by Crippen LogP contribution is -2.19. The van der Waals surface area contributed by atoms with Crippen molar-refractivity contribution in [2.24, 2.45) is 0 Å². The molecular formula is C26H25ClN6O2. The van der Waals surface area contributed by atoms with Crippen molar-refractivity contribution in [3.63, 3.8) is 0 Å². The number of aryl methyl sites for hydroxylation is 2. The molecule has 2 amide bonds. The first-order chi connectivity index (χ1) is 16.9. The maximum absolute atomic E-state index is 12.3. The molecule has 0 radical (unpaired) electrons. The minimum absolute atomic E-state index is 0.359. The highest BCUT2D eigenvalue weighted by atomic mass is 35.5. The Labute approximate surface area is 208 Å². The summed E-state index contributed by atoms with van der Waals surface area (Å²) in [4.78, 5) is 21.3. The molecule has 0 aliphatic heterocycles. The molecule has 4 rings (SSSR count). The van der Waals surface area contributed by atoms with Crippen LogP contribution in [0.2, 0.25) is 5.02 Å². The van der Waals surface area contributed by atoms with Crippen LogP contribution in [-0.4, -0.2) is 23.1 Å². The second-order valence-electron chi connectivity index (χ2n) is 7.82. The lowest BCUT2D eigenvalue weighted by atomic mass is 10.2. The van der Waals surface area contributed by atoms with Crippen molar-refractivity contribution in [3.05, 3.63) is 89.1 Å². The number of urea groups is 1. The molecule has 0 unspecified atom stereocenters. The number of carbonyl (C=O) groups is 1. The third-order valence-electron chi connectivity index (χ3n) is 5.05. The fourth-order valence-corrected chi connectivity index (χ4v) is 3.42. The molecule has 35 heavy (non-hydrogen) atoms. The van der Waals surface area contributed by atoms with E-state index in [-0.39, 0.29) is 6.03 Å². The van der Waals surface area contributed by atoms with Crippen LogP contribution in [0.4, 0.5) is 39.3 Å². The number of aromatic nitrogens is 2. The van der Waals surface area contributed by atoms with Crippen LogP contribution in [0, 0.1) is 13.8 Å². The molecule has 0 spiro atoms. The minimum atomic E-state index is -0.359. The van der Waals surface area contributed by atoms with Gasteiger partial charge >= 0.3 is 6.03 Å². The van der Waals surface area contributed by atoms with Crippen LogP contribution >= 0.6 is 11.6 Å². The van der Waals surface area contributed by atoms with Crippen molar-refractivity contribution in [3.8, 4) is 5.75 Å². The zero-order valence-electron chi connectivity index (χ0n) is 19.5. The number of benzene rings is 3. The lowest BCUT2D eigenvalue weighted by molar-refractivity contribution is 0.262. The van der Waals surface area contributed by atoms with Crippen molar-refractivity contribution in [1.29, 1.82) is 0 Å². The topological polar surface area (TPSA) is 100 Å². The van der Waals surface area contributed by atoms with Crippen molar-refractivity contribution >= 4 is 52.1 Å². The molecule has 0 fully saturated rings. The van der Waals surface area contributed by atoms with Gasteiger partial charge in [-0.3, -0.25) is 0 Å². The fourth-order valence-electron chi connectivity index (χ4n) is 3.24. The minimum Gasteiger partial charge on any atom is -0.497 e. The molecule has 0 atom stereocenters. The molecule has 178 valence electrons. The lowest BCUT2D eigenvalue weighted by Gasteiger charge is -2.11. The third kappa shape index (κ3) is 6.61. The van der Waals surface area contributed by atoms with Gasteiger partial charge in [0.15, 0.2) is 0 Å². The standard InChI is InChI=1S/C26H25ClN6O2/c1-16-4-5-21(15-23(16)27)32-26(34)31-20-8-6-19(7-9-20)30-25-28-17(2)14-24(33-25)29-18-10-12-22(35-3)13-11-18/h4-15H,1-3H3,(H2,31,32,34)(H2,28,29,30,33). The monoisotopic (exact) mass is 488 g/mol. The number of amides is 2. The van der Waals surface area contributed by atoms with Gasteiger partial charge in [0.2, 0.25) is 5.95 Å². The summed E-state index contributed by atoms with van der Waals surface area (Å²) in [5.74, 6) is 1.90. The molecule has 4 aromatic rings. The summed E-state index contributed by atoms with van der Waals surface area (Å²) in [5, 5.41) is 12.6. The molecule has 3 aromatic carbocycles. The summed E-state index contributed by atoms with van der Waals surface area (Å²) in [7, 11) is 1.63. The first-order valence-electron chi connectivity index (χ1n) is 10.9. The average Bonchev–Trinajstić information content (AvgIpc) is 2.83. The number of carbonyl (C=O) groups excluding carboxylic acids is 1. The van der Waals surface area contributed by atoms with E-state index < -0.39 is 0 Å². The van der Waals surface area contributed by atoms with E-state index in [1.165, 1.54) is 0 Å². The van der Waals surface area contributed by atoms with E-state index in [1.54, 1.807) is 31.4 Å². The van der Waals surface area contributed by atoms with Gasteiger partial charge < -0.3 is 26.0 Å². The van der Waals surface area contributed by atoms with Crippen LogP contribution in [0.15, 0.2) is 72.8 Å². The van der Waals surface area contributed by atoms with Crippen LogP contribution in [0.3, 0.4) is 0 Å². The predicted octanol–water partition coefficient (Wildman–Crippen LogP) is 6.89. The van der Waals surface area contributed by atoms with Crippen LogP contribution in [0.5, 0.6) is 5.75 Å². The number of nitrogens with zero attached hydrogens (tertiary/aromatic N) is 2. The van der Waals surface area contributed by atoms with Crippen LogP contribution < -0.4 is 26.0 Å². The summed E-state index contributed by atoms with van der Waals surface area (Å²) in [5.41, 5.74) is 4.68. The zero-order valence-corrected chi connectivity index (χ0v) is 20.3. The zero-order chi connectivity index (χ0) is 24.8. The molecule has 0 saturated heterocycles. The van der Waals surface area contributed by atoms with E-state index in [2.05, 4.69) is 31.2 Å². The van der Waals surface area contributed by atoms with Gasteiger partial charge in [-0.2, -0.15) is 4.98 Å². The molecule has 0 bridgehead atoms. The van der Waals surface area contributed by atoms with Gasteiger partial charge in [0.05, 0.1) is 7.11 Å². The highest BCUT2D eigenvalue weighted by Gasteiger charge is 2.07. The van der Waals surface area contributed by atoms with E-state index in [1.807, 2.05) is 62.4 Å². The number of hydrogen-bond acceptors (Lipinski definition) is 6. The van der Waals surface area contributed by atoms with Crippen molar-refractivity contribution in [2.45, 2.75) is 13.8 Å². The molecule has 9 heteroatoms. The number of hydrogen-bond donors (Lipinski definition) is 4. The Hall–Kier alpha value is -4.30. The Bertz CT molecular complexity index is 1330. The Morgan fingerprint density at radius 2 is 1.37 bits per heavy atom. The molecule has 8 nitrogen and oxygen atoms in total. The van der Waals surface area contributed by atoms with Crippen molar-refractivity contribution in [2.75, 3.05) is 28.4 Å². The summed E-state index contributed by atoms with van der Waals surface area (Å²) >= 11 is 6.12. The molecule has 4 N–H and O–H groups in total. The van der Waals surface area contributed by atoms with E-state index in [0.29, 0.717) is 28.2 Å². The number of methoxy groups -OCH3 is 1. The van der Waals surface area contributed by atoms with Gasteiger partial charge in [-0.25, -0.2) is 9.78 Å². The molecule has 1 heterocycles. The van der Waals surface area contributed by atoms with Gasteiger partial charge in [0.25, 0.3) is 0 Å². The fraction of sp³-hybridized carbons (Fsp3) is 0.115. The number of ether oxygens (including phenoxy) is 1. The molecule has 0 aliphatic rings. The Morgan fingerprint density at radius 1 is 0.771 bits per heavy atom. The van der Waals surface area contributed by atoms with Crippen LogP contribution in [0.1, 0.15) is 11.3 Å². The van der Waals surface area contributed by atoms with Crippen LogP contribution in [-0.2, 0) is 0 Å². The highest BCUT2D eigenvalue weighted by Crippen LogP contribution is 2.23. The maximum atomic E-state index is 12.3. The second-order valence-corrected chi connectivity index (χ2v) is 8.22. The summed E-state index contributed by atoms with van der Waals surface area (Å²) < 4.78 is 5.19. The number of rotatable bonds is 7. The Morgan fingerprint density at radius 3 is 2.06 bits per heavy atom. The summed E-state index contributed by atoms with van der Waals surface area (Å²) in [6.45, 7) is 3.81. The van der Waals surface area contributed by atoms with Crippen molar-refractivity contribution < 1.29 is 9.53 Å².